The number of para-hydroxylation sites is 1. The van der Waals surface area contributed by atoms with Gasteiger partial charge in [-0.3, -0.25) is 9.59 Å². The van der Waals surface area contributed by atoms with Crippen LogP contribution in [0.25, 0.3) is 0 Å². The van der Waals surface area contributed by atoms with E-state index in [1.807, 2.05) is 30.3 Å². The second-order valence-electron chi connectivity index (χ2n) is 6.60. The molecule has 1 fully saturated rings. The predicted molar refractivity (Wildman–Crippen MR) is 102 cm³/mol. The summed E-state index contributed by atoms with van der Waals surface area (Å²) in [4.78, 5) is 37.4. The number of amides is 2. The molecule has 2 N–H and O–H groups in total. The Morgan fingerprint density at radius 2 is 1.79 bits per heavy atom. The molecule has 7 nitrogen and oxygen atoms in total. The third kappa shape index (κ3) is 5.09. The van der Waals surface area contributed by atoms with Crippen LogP contribution in [0.15, 0.2) is 54.6 Å². The molecule has 1 atom stereocenters. The maximum atomic E-state index is 12.3. The lowest BCUT2D eigenvalue weighted by atomic mass is 9.97. The molecular formula is C21H22N2O5. The third-order valence-electron chi connectivity index (χ3n) is 4.55. The summed E-state index contributed by atoms with van der Waals surface area (Å²) in [6.07, 6.45) is 1.37. The summed E-state index contributed by atoms with van der Waals surface area (Å²) >= 11 is 0. The molecule has 0 bridgehead atoms. The van der Waals surface area contributed by atoms with Crippen molar-refractivity contribution in [2.45, 2.75) is 12.8 Å². The molecular weight excluding hydrogens is 360 g/mol. The van der Waals surface area contributed by atoms with Crippen molar-refractivity contribution < 1.29 is 23.9 Å². The molecule has 0 aromatic heterocycles. The van der Waals surface area contributed by atoms with Gasteiger partial charge in [0.15, 0.2) is 6.61 Å². The number of nitrogens with two attached hydrogens (primary N) is 1. The summed E-state index contributed by atoms with van der Waals surface area (Å²) in [6, 6.07) is 15.8. The van der Waals surface area contributed by atoms with Crippen LogP contribution in [0.2, 0.25) is 0 Å². The average Bonchev–Trinajstić information content (AvgIpc) is 2.72. The lowest BCUT2D eigenvalue weighted by Gasteiger charge is -2.31. The van der Waals surface area contributed by atoms with E-state index in [4.69, 9.17) is 15.2 Å². The van der Waals surface area contributed by atoms with Crippen LogP contribution >= 0.6 is 0 Å². The number of ether oxygens (including phenoxy) is 2. The highest BCUT2D eigenvalue weighted by atomic mass is 16.5. The highest BCUT2D eigenvalue weighted by Gasteiger charge is 2.27. The number of hydrogen-bond acceptors (Lipinski definition) is 5. The molecule has 1 aliphatic heterocycles. The fourth-order valence-corrected chi connectivity index (χ4v) is 3.05. The fourth-order valence-electron chi connectivity index (χ4n) is 3.05. The van der Waals surface area contributed by atoms with Gasteiger partial charge >= 0.3 is 5.97 Å². The second-order valence-corrected chi connectivity index (χ2v) is 6.60. The Labute approximate surface area is 163 Å². The highest BCUT2D eigenvalue weighted by molar-refractivity contribution is 5.91. The molecule has 1 aliphatic rings. The van der Waals surface area contributed by atoms with Crippen LogP contribution in [0, 0.1) is 5.92 Å². The number of carbonyl (C=O) groups excluding carboxylic acids is 3. The number of likely N-dealkylation sites (tertiary alicyclic amines) is 1. The molecule has 2 amide bonds. The van der Waals surface area contributed by atoms with Crippen molar-refractivity contribution in [1.29, 1.82) is 0 Å². The number of nitrogens with zero attached hydrogens (tertiary/aromatic N) is 1. The number of hydrogen-bond donors (Lipinski definition) is 1. The van der Waals surface area contributed by atoms with Gasteiger partial charge in [-0.2, -0.15) is 0 Å². The van der Waals surface area contributed by atoms with Crippen molar-refractivity contribution in [3.8, 4) is 11.5 Å². The van der Waals surface area contributed by atoms with Gasteiger partial charge in [-0.05, 0) is 43.2 Å². The van der Waals surface area contributed by atoms with Crippen LogP contribution in [-0.4, -0.2) is 42.4 Å². The zero-order chi connectivity index (χ0) is 19.9. The Kier molecular flexibility index (Phi) is 6.26. The summed E-state index contributed by atoms with van der Waals surface area (Å²) in [7, 11) is 0. The first kappa shape index (κ1) is 19.4. The Balaban J connectivity index is 1.55. The summed E-state index contributed by atoms with van der Waals surface area (Å²) < 4.78 is 10.8. The fraction of sp³-hybridized carbons (Fsp3) is 0.286. The smallest absolute Gasteiger partial charge is 0.338 e. The van der Waals surface area contributed by atoms with E-state index in [1.54, 1.807) is 24.3 Å². The van der Waals surface area contributed by atoms with E-state index in [-0.39, 0.29) is 30.5 Å². The SMILES string of the molecule is NC(=O)[C@H]1CCCN(C(=O)COC(=O)c2cccc(Oc3ccccc3)c2)C1. The summed E-state index contributed by atoms with van der Waals surface area (Å²) in [5.74, 6) is -0.569. The lowest BCUT2D eigenvalue weighted by Crippen LogP contribution is -2.45. The summed E-state index contributed by atoms with van der Waals surface area (Å²) in [6.45, 7) is 0.417. The Bertz CT molecular complexity index is 853. The monoisotopic (exact) mass is 382 g/mol. The van der Waals surface area contributed by atoms with Crippen molar-refractivity contribution in [3.05, 3.63) is 60.2 Å². The number of esters is 1. The van der Waals surface area contributed by atoms with Crippen LogP contribution in [-0.2, 0) is 14.3 Å². The Hall–Kier alpha value is -3.35. The van der Waals surface area contributed by atoms with E-state index in [9.17, 15) is 14.4 Å². The molecule has 146 valence electrons. The van der Waals surface area contributed by atoms with Crippen molar-refractivity contribution in [3.63, 3.8) is 0 Å². The standard InChI is InChI=1S/C21H22N2O5/c22-20(25)16-7-5-11-23(13-16)19(24)14-27-21(26)15-6-4-10-18(12-15)28-17-8-2-1-3-9-17/h1-4,6,8-10,12,16H,5,7,11,13-14H2,(H2,22,25)/t16-/m0/s1. The topological polar surface area (TPSA) is 98.9 Å². The van der Waals surface area contributed by atoms with Gasteiger partial charge in [-0.25, -0.2) is 4.79 Å². The van der Waals surface area contributed by atoms with Gasteiger partial charge in [-0.1, -0.05) is 24.3 Å². The van der Waals surface area contributed by atoms with E-state index < -0.39 is 11.9 Å². The molecule has 3 rings (SSSR count). The molecule has 2 aromatic carbocycles. The average molecular weight is 382 g/mol. The minimum Gasteiger partial charge on any atom is -0.457 e. The van der Waals surface area contributed by atoms with Gasteiger partial charge in [0.05, 0.1) is 11.5 Å². The number of carbonyl (C=O) groups is 3. The highest BCUT2D eigenvalue weighted by Crippen LogP contribution is 2.22. The van der Waals surface area contributed by atoms with Crippen molar-refractivity contribution >= 4 is 17.8 Å². The van der Waals surface area contributed by atoms with Crippen LogP contribution in [0.3, 0.4) is 0 Å². The molecule has 0 aliphatic carbocycles. The first-order valence-electron chi connectivity index (χ1n) is 9.10. The van der Waals surface area contributed by atoms with Gasteiger partial charge in [-0.15, -0.1) is 0 Å². The van der Waals surface area contributed by atoms with Gasteiger partial charge in [0, 0.05) is 13.1 Å². The minimum absolute atomic E-state index is 0.270. The molecule has 28 heavy (non-hydrogen) atoms. The van der Waals surface area contributed by atoms with E-state index >= 15 is 0 Å². The van der Waals surface area contributed by atoms with Crippen LogP contribution in [0.1, 0.15) is 23.2 Å². The third-order valence-corrected chi connectivity index (χ3v) is 4.55. The van der Waals surface area contributed by atoms with Crippen molar-refractivity contribution in [2.75, 3.05) is 19.7 Å². The minimum atomic E-state index is -0.615. The molecule has 1 heterocycles. The van der Waals surface area contributed by atoms with Crippen molar-refractivity contribution in [2.24, 2.45) is 11.7 Å². The van der Waals surface area contributed by atoms with Crippen LogP contribution in [0.4, 0.5) is 0 Å². The zero-order valence-corrected chi connectivity index (χ0v) is 15.4. The van der Waals surface area contributed by atoms with Gasteiger partial charge in [0.25, 0.3) is 5.91 Å². The van der Waals surface area contributed by atoms with Crippen LogP contribution in [0.5, 0.6) is 11.5 Å². The molecule has 2 aromatic rings. The normalized spacial score (nSPS) is 16.3. The molecule has 0 radical (unpaired) electrons. The van der Waals surface area contributed by atoms with Crippen LogP contribution < -0.4 is 10.5 Å². The summed E-state index contributed by atoms with van der Waals surface area (Å²) in [5, 5.41) is 0. The molecule has 0 spiro atoms. The molecule has 0 saturated carbocycles. The second kappa shape index (κ2) is 9.03. The maximum Gasteiger partial charge on any atom is 0.338 e. The van der Waals surface area contributed by atoms with E-state index in [0.29, 0.717) is 30.9 Å². The lowest BCUT2D eigenvalue weighted by molar-refractivity contribution is -0.137. The molecule has 0 unspecified atom stereocenters. The quantitative estimate of drug-likeness (QED) is 0.773. The molecule has 7 heteroatoms. The van der Waals surface area contributed by atoms with E-state index in [0.717, 1.165) is 0 Å². The predicted octanol–water partition coefficient (Wildman–Crippen LogP) is 2.36. The maximum absolute atomic E-state index is 12.3. The summed E-state index contributed by atoms with van der Waals surface area (Å²) in [5.41, 5.74) is 5.61. The number of rotatable bonds is 6. The number of primary amides is 1. The van der Waals surface area contributed by atoms with Gasteiger partial charge in [0.1, 0.15) is 11.5 Å². The van der Waals surface area contributed by atoms with Gasteiger partial charge in [0.2, 0.25) is 5.91 Å². The first-order chi connectivity index (χ1) is 13.5. The van der Waals surface area contributed by atoms with Crippen molar-refractivity contribution in [1.82, 2.24) is 4.90 Å². The number of piperidine rings is 1. The van der Waals surface area contributed by atoms with E-state index in [1.165, 1.54) is 4.90 Å². The Morgan fingerprint density at radius 3 is 2.54 bits per heavy atom. The van der Waals surface area contributed by atoms with Gasteiger partial charge < -0.3 is 20.1 Å². The largest absolute Gasteiger partial charge is 0.457 e. The van der Waals surface area contributed by atoms with E-state index in [2.05, 4.69) is 0 Å². The molecule has 1 saturated heterocycles. The zero-order valence-electron chi connectivity index (χ0n) is 15.4. The first-order valence-corrected chi connectivity index (χ1v) is 9.10. The number of benzene rings is 2. The Morgan fingerprint density at radius 1 is 1.04 bits per heavy atom.